The highest BCUT2D eigenvalue weighted by Gasteiger charge is 2.25. The van der Waals surface area contributed by atoms with E-state index in [9.17, 15) is 9.59 Å². The van der Waals surface area contributed by atoms with Crippen molar-refractivity contribution in [2.75, 3.05) is 0 Å². The zero-order valence-electron chi connectivity index (χ0n) is 17.8. The zero-order valence-corrected chi connectivity index (χ0v) is 18.6. The first kappa shape index (κ1) is 21.2. The van der Waals surface area contributed by atoms with Gasteiger partial charge in [-0.3, -0.25) is 14.9 Å². The molecule has 1 aliphatic heterocycles. The molecule has 1 aromatic heterocycles. The number of amides is 2. The molecule has 0 radical (unpaired) electrons. The second-order valence-corrected chi connectivity index (χ2v) is 8.81. The first-order valence-electron chi connectivity index (χ1n) is 10.7. The number of ether oxygens (including phenoxy) is 1. The number of carbonyl (C=O) groups excluding carboxylic acids is 2. The van der Waals surface area contributed by atoms with Crippen LogP contribution in [0.2, 0.25) is 0 Å². The highest BCUT2D eigenvalue weighted by atomic mass is 32.2. The highest BCUT2D eigenvalue weighted by Crippen LogP contribution is 2.30. The Hall–Kier alpha value is -3.61. The van der Waals surface area contributed by atoms with E-state index >= 15 is 0 Å². The van der Waals surface area contributed by atoms with Gasteiger partial charge in [0.05, 0.1) is 18.1 Å². The summed E-state index contributed by atoms with van der Waals surface area (Å²) in [7, 11) is 0. The molecular weight excluding hydrogens is 432 g/mol. The standard InChI is InChI=1S/C27H22N2O3S/c30-26-25(33-27(31)28-26)16-21-12-7-13-23-22(21)14-15-29(23)17-24(20-10-5-2-6-11-20)32-18-19-8-3-1-4-9-19/h1-16,24H,17-18H2,(H,28,30,31). The number of fused-ring (bicyclic) bond motifs is 1. The maximum absolute atomic E-state index is 12.0. The van der Waals surface area contributed by atoms with E-state index in [2.05, 4.69) is 40.2 Å². The van der Waals surface area contributed by atoms with Crippen molar-refractivity contribution in [2.24, 2.45) is 0 Å². The molecule has 1 unspecified atom stereocenters. The molecular formula is C27H22N2O3S. The Balaban J connectivity index is 1.44. The van der Waals surface area contributed by atoms with E-state index < -0.39 is 0 Å². The van der Waals surface area contributed by atoms with Gasteiger partial charge in [0, 0.05) is 17.1 Å². The van der Waals surface area contributed by atoms with Crippen LogP contribution in [0.1, 0.15) is 22.8 Å². The van der Waals surface area contributed by atoms with Gasteiger partial charge in [-0.1, -0.05) is 72.8 Å². The maximum Gasteiger partial charge on any atom is 0.290 e. The van der Waals surface area contributed by atoms with E-state index in [1.807, 2.05) is 60.8 Å². The third-order valence-electron chi connectivity index (χ3n) is 5.60. The fraction of sp³-hybridized carbons (Fsp3) is 0.111. The molecule has 33 heavy (non-hydrogen) atoms. The second-order valence-electron chi connectivity index (χ2n) is 7.80. The van der Waals surface area contributed by atoms with Gasteiger partial charge in [-0.25, -0.2) is 0 Å². The normalized spacial score (nSPS) is 15.8. The lowest BCUT2D eigenvalue weighted by atomic mass is 10.1. The Labute approximate surface area is 196 Å². The number of hydrogen-bond donors (Lipinski definition) is 1. The summed E-state index contributed by atoms with van der Waals surface area (Å²) >= 11 is 0.931. The average Bonchev–Trinajstić information content (AvgIpc) is 3.40. The van der Waals surface area contributed by atoms with Crippen LogP contribution in [0.3, 0.4) is 0 Å². The minimum Gasteiger partial charge on any atom is -0.367 e. The van der Waals surface area contributed by atoms with Gasteiger partial charge in [-0.2, -0.15) is 0 Å². The van der Waals surface area contributed by atoms with Crippen LogP contribution in [-0.4, -0.2) is 15.7 Å². The molecule has 164 valence electrons. The van der Waals surface area contributed by atoms with Gasteiger partial charge in [-0.05, 0) is 46.7 Å². The van der Waals surface area contributed by atoms with Crippen LogP contribution in [0, 0.1) is 0 Å². The van der Waals surface area contributed by atoms with Gasteiger partial charge in [0.2, 0.25) is 0 Å². The molecule has 1 aliphatic rings. The van der Waals surface area contributed by atoms with Crippen LogP contribution in [-0.2, 0) is 22.7 Å². The maximum atomic E-state index is 12.0. The number of aromatic nitrogens is 1. The van der Waals surface area contributed by atoms with Crippen LogP contribution in [0.5, 0.6) is 0 Å². The van der Waals surface area contributed by atoms with Crippen LogP contribution in [0.25, 0.3) is 17.0 Å². The van der Waals surface area contributed by atoms with Gasteiger partial charge < -0.3 is 9.30 Å². The number of thioether (sulfide) groups is 1. The topological polar surface area (TPSA) is 60.3 Å². The molecule has 5 nitrogen and oxygen atoms in total. The molecule has 4 aromatic rings. The molecule has 0 spiro atoms. The lowest BCUT2D eigenvalue weighted by Crippen LogP contribution is -2.17. The fourth-order valence-electron chi connectivity index (χ4n) is 3.97. The van der Waals surface area contributed by atoms with Crippen molar-refractivity contribution in [2.45, 2.75) is 19.3 Å². The van der Waals surface area contributed by atoms with Crippen LogP contribution in [0.4, 0.5) is 4.79 Å². The molecule has 0 bridgehead atoms. The van der Waals surface area contributed by atoms with Crippen molar-refractivity contribution in [1.82, 2.24) is 9.88 Å². The lowest BCUT2D eigenvalue weighted by Gasteiger charge is -2.20. The summed E-state index contributed by atoms with van der Waals surface area (Å²) in [6.07, 6.45) is 3.69. The predicted molar refractivity (Wildman–Crippen MR) is 131 cm³/mol. The van der Waals surface area contributed by atoms with E-state index in [0.29, 0.717) is 18.1 Å². The molecule has 2 amide bonds. The molecule has 1 atom stereocenters. The van der Waals surface area contributed by atoms with Gasteiger partial charge in [0.25, 0.3) is 11.1 Å². The molecule has 6 heteroatoms. The minimum absolute atomic E-state index is 0.127. The van der Waals surface area contributed by atoms with Crippen molar-refractivity contribution >= 4 is 39.9 Å². The Kier molecular flexibility index (Phi) is 6.11. The Morgan fingerprint density at radius 3 is 2.39 bits per heavy atom. The molecule has 2 heterocycles. The number of hydrogen-bond acceptors (Lipinski definition) is 4. The monoisotopic (exact) mass is 454 g/mol. The number of rotatable bonds is 7. The van der Waals surface area contributed by atoms with E-state index in [-0.39, 0.29) is 17.3 Å². The molecule has 5 rings (SSSR count). The van der Waals surface area contributed by atoms with E-state index in [1.165, 1.54) is 0 Å². The molecule has 1 fully saturated rings. The summed E-state index contributed by atoms with van der Waals surface area (Å²) in [6.45, 7) is 1.17. The fourth-order valence-corrected chi connectivity index (χ4v) is 4.64. The summed E-state index contributed by atoms with van der Waals surface area (Å²) in [4.78, 5) is 23.9. The van der Waals surface area contributed by atoms with Gasteiger partial charge in [0.1, 0.15) is 6.10 Å². The number of nitrogens with one attached hydrogen (secondary N) is 1. The van der Waals surface area contributed by atoms with Crippen molar-refractivity contribution in [3.63, 3.8) is 0 Å². The lowest BCUT2D eigenvalue weighted by molar-refractivity contribution is -0.115. The molecule has 1 N–H and O–H groups in total. The van der Waals surface area contributed by atoms with Crippen LogP contribution in [0.15, 0.2) is 96.0 Å². The zero-order chi connectivity index (χ0) is 22.6. The van der Waals surface area contributed by atoms with Crippen molar-refractivity contribution in [3.8, 4) is 0 Å². The molecule has 1 saturated heterocycles. The third kappa shape index (κ3) is 4.77. The number of nitrogens with zero attached hydrogens (tertiary/aromatic N) is 1. The average molecular weight is 455 g/mol. The molecule has 0 saturated carbocycles. The van der Waals surface area contributed by atoms with Crippen LogP contribution < -0.4 is 5.32 Å². The minimum atomic E-state index is -0.347. The van der Waals surface area contributed by atoms with Crippen molar-refractivity contribution < 1.29 is 14.3 Å². The summed E-state index contributed by atoms with van der Waals surface area (Å²) < 4.78 is 8.55. The SMILES string of the molecule is O=C1NC(=O)C(=Cc2cccc3c2ccn3CC(OCc2ccccc2)c2ccccc2)S1. The quantitative estimate of drug-likeness (QED) is 0.352. The number of benzene rings is 3. The Morgan fingerprint density at radius 2 is 1.67 bits per heavy atom. The third-order valence-corrected chi connectivity index (χ3v) is 6.41. The second kappa shape index (κ2) is 9.48. The Morgan fingerprint density at radius 1 is 0.909 bits per heavy atom. The van der Waals surface area contributed by atoms with E-state index in [0.717, 1.165) is 39.4 Å². The van der Waals surface area contributed by atoms with E-state index in [4.69, 9.17) is 4.74 Å². The van der Waals surface area contributed by atoms with E-state index in [1.54, 1.807) is 6.08 Å². The number of carbonyl (C=O) groups is 2. The summed E-state index contributed by atoms with van der Waals surface area (Å²) in [5.74, 6) is -0.347. The summed E-state index contributed by atoms with van der Waals surface area (Å²) in [5, 5.41) is 2.99. The smallest absolute Gasteiger partial charge is 0.290 e. The Bertz CT molecular complexity index is 1330. The largest absolute Gasteiger partial charge is 0.367 e. The predicted octanol–water partition coefficient (Wildman–Crippen LogP) is 5.92. The number of imide groups is 1. The molecule has 3 aromatic carbocycles. The van der Waals surface area contributed by atoms with Crippen LogP contribution >= 0.6 is 11.8 Å². The van der Waals surface area contributed by atoms with Gasteiger partial charge in [-0.15, -0.1) is 0 Å². The highest BCUT2D eigenvalue weighted by molar-refractivity contribution is 8.18. The summed E-state index contributed by atoms with van der Waals surface area (Å²) in [5.41, 5.74) is 4.20. The van der Waals surface area contributed by atoms with Crippen molar-refractivity contribution in [1.29, 1.82) is 0 Å². The molecule has 0 aliphatic carbocycles. The first-order chi connectivity index (χ1) is 16.2. The van der Waals surface area contributed by atoms with Crippen molar-refractivity contribution in [3.05, 3.63) is 113 Å². The summed E-state index contributed by atoms with van der Waals surface area (Å²) in [6, 6.07) is 28.4. The first-order valence-corrected chi connectivity index (χ1v) is 11.5. The van der Waals surface area contributed by atoms with Gasteiger partial charge in [0.15, 0.2) is 0 Å². The van der Waals surface area contributed by atoms with Gasteiger partial charge >= 0.3 is 0 Å².